The number of nitrogens with zero attached hydrogens (tertiary/aromatic N) is 5. The molecule has 13 heteroatoms. The second-order valence-corrected chi connectivity index (χ2v) is 11.3. The lowest BCUT2D eigenvalue weighted by molar-refractivity contribution is -0.138. The maximum absolute atomic E-state index is 14.3. The van der Waals surface area contributed by atoms with Crippen molar-refractivity contribution in [3.8, 4) is 0 Å². The number of halogens is 2. The fourth-order valence-corrected chi connectivity index (χ4v) is 5.99. The minimum Gasteiger partial charge on any atom is -0.350 e. The summed E-state index contributed by atoms with van der Waals surface area (Å²) in [5.41, 5.74) is 3.51. The van der Waals surface area contributed by atoms with E-state index in [4.69, 9.17) is 11.6 Å². The number of amides is 4. The van der Waals surface area contributed by atoms with Crippen molar-refractivity contribution in [2.75, 3.05) is 11.9 Å². The number of benzene rings is 2. The number of ketones is 1. The van der Waals surface area contributed by atoms with E-state index in [9.17, 15) is 23.6 Å². The predicted molar refractivity (Wildman–Crippen MR) is 160 cm³/mol. The number of Topliss-reactive ketones (excluding diaryl/α,β-unsaturated/α-hetero) is 1. The Kier molecular flexibility index (Phi) is 8.00. The summed E-state index contributed by atoms with van der Waals surface area (Å²) in [5, 5.41) is 6.18. The molecule has 2 aliphatic heterocycles. The molecular weight excluding hydrogens is 589 g/mol. The molecule has 4 heterocycles. The summed E-state index contributed by atoms with van der Waals surface area (Å²) in [7, 11) is 0. The van der Waals surface area contributed by atoms with Gasteiger partial charge in [0.05, 0.1) is 23.8 Å². The molecule has 44 heavy (non-hydrogen) atoms. The standard InChI is InChI=1S/C31H29ClFN7O4/c1-18(41)23-14-38(16-28(42)40-9-3-6-27(40)30(43)35-12-19-4-2-5-24(32)29(19)33)26-8-7-21(10-22(23)26)37-31(44)39-13-20-11-34-17-36-25(20)15-39/h2,4-5,7-8,10-11,14,17,27H,3,6,9,12-13,15-16H2,1H3,(H,35,43)(H,37,44)/t27-/m0/s1. The van der Waals surface area contributed by atoms with E-state index in [1.165, 1.54) is 24.2 Å². The van der Waals surface area contributed by atoms with Gasteiger partial charge >= 0.3 is 6.03 Å². The average Bonchev–Trinajstić information content (AvgIpc) is 3.75. The summed E-state index contributed by atoms with van der Waals surface area (Å²) < 4.78 is 16.0. The molecule has 0 saturated carbocycles. The largest absolute Gasteiger partial charge is 0.350 e. The van der Waals surface area contributed by atoms with Crippen LogP contribution in [0.25, 0.3) is 10.9 Å². The highest BCUT2D eigenvalue weighted by Gasteiger charge is 2.34. The summed E-state index contributed by atoms with van der Waals surface area (Å²) in [4.78, 5) is 63.4. The fourth-order valence-electron chi connectivity index (χ4n) is 5.79. The molecule has 6 rings (SSSR count). The van der Waals surface area contributed by atoms with E-state index < -0.39 is 11.9 Å². The molecule has 2 aromatic carbocycles. The van der Waals surface area contributed by atoms with Gasteiger partial charge in [-0.05, 0) is 44.0 Å². The second-order valence-electron chi connectivity index (χ2n) is 10.9. The number of nitrogens with one attached hydrogen (secondary N) is 2. The molecule has 0 bridgehead atoms. The number of carbonyl (C=O) groups is 4. The number of urea groups is 1. The van der Waals surface area contributed by atoms with Crippen molar-refractivity contribution < 1.29 is 23.6 Å². The Morgan fingerprint density at radius 2 is 1.98 bits per heavy atom. The highest BCUT2D eigenvalue weighted by molar-refractivity contribution is 6.30. The Bertz CT molecular complexity index is 1780. The van der Waals surface area contributed by atoms with Crippen LogP contribution in [0.15, 0.2) is 55.1 Å². The van der Waals surface area contributed by atoms with Gasteiger partial charge < -0.3 is 25.0 Å². The Morgan fingerprint density at radius 3 is 2.77 bits per heavy atom. The van der Waals surface area contributed by atoms with Gasteiger partial charge in [-0.1, -0.05) is 23.7 Å². The normalized spacial score (nSPS) is 15.8. The quantitative estimate of drug-likeness (QED) is 0.298. The van der Waals surface area contributed by atoms with Gasteiger partial charge in [0.1, 0.15) is 24.7 Å². The van der Waals surface area contributed by atoms with E-state index in [1.54, 1.807) is 52.2 Å². The maximum Gasteiger partial charge on any atom is 0.322 e. The summed E-state index contributed by atoms with van der Waals surface area (Å²) in [6, 6.07) is 8.77. The molecule has 2 aromatic heterocycles. The Hall–Kier alpha value is -4.84. The van der Waals surface area contributed by atoms with E-state index in [-0.39, 0.29) is 47.3 Å². The number of anilines is 1. The first kappa shape index (κ1) is 29.2. The van der Waals surface area contributed by atoms with Gasteiger partial charge in [0.15, 0.2) is 5.78 Å². The third-order valence-corrected chi connectivity index (χ3v) is 8.34. The zero-order valence-corrected chi connectivity index (χ0v) is 24.6. The van der Waals surface area contributed by atoms with Crippen molar-refractivity contribution in [2.24, 2.45) is 0 Å². The van der Waals surface area contributed by atoms with Crippen molar-refractivity contribution in [3.63, 3.8) is 0 Å². The molecule has 4 aromatic rings. The molecule has 4 amide bonds. The number of hydrogen-bond donors (Lipinski definition) is 2. The Balaban J connectivity index is 1.15. The van der Waals surface area contributed by atoms with Crippen molar-refractivity contribution >= 4 is 51.8 Å². The van der Waals surface area contributed by atoms with Crippen LogP contribution in [0.3, 0.4) is 0 Å². The number of likely N-dealkylation sites (tertiary alicyclic amines) is 1. The van der Waals surface area contributed by atoms with E-state index in [1.807, 2.05) is 0 Å². The number of rotatable bonds is 7. The fraction of sp³-hybridized carbons (Fsp3) is 0.290. The third kappa shape index (κ3) is 5.72. The van der Waals surface area contributed by atoms with E-state index >= 15 is 0 Å². The maximum atomic E-state index is 14.3. The van der Waals surface area contributed by atoms with Gasteiger partial charge in [-0.3, -0.25) is 14.4 Å². The van der Waals surface area contributed by atoms with Crippen LogP contribution in [0.5, 0.6) is 0 Å². The first-order valence-electron chi connectivity index (χ1n) is 14.2. The number of fused-ring (bicyclic) bond motifs is 2. The Morgan fingerprint density at radius 1 is 1.14 bits per heavy atom. The summed E-state index contributed by atoms with van der Waals surface area (Å²) in [6.07, 6.45) is 5.91. The molecule has 0 spiro atoms. The third-order valence-electron chi connectivity index (χ3n) is 8.05. The summed E-state index contributed by atoms with van der Waals surface area (Å²) in [6.45, 7) is 2.48. The van der Waals surface area contributed by atoms with Crippen molar-refractivity contribution in [1.82, 2.24) is 29.7 Å². The van der Waals surface area contributed by atoms with E-state index in [0.717, 1.165) is 11.3 Å². The van der Waals surface area contributed by atoms with Crippen molar-refractivity contribution in [3.05, 3.63) is 88.3 Å². The lowest BCUT2D eigenvalue weighted by Gasteiger charge is -2.24. The minimum absolute atomic E-state index is 0.0271. The second kappa shape index (κ2) is 12.0. The van der Waals surface area contributed by atoms with Gasteiger partial charge in [0, 0.05) is 58.8 Å². The predicted octanol–water partition coefficient (Wildman–Crippen LogP) is 4.28. The van der Waals surface area contributed by atoms with Crippen molar-refractivity contribution in [1.29, 1.82) is 0 Å². The van der Waals surface area contributed by atoms with Crippen LogP contribution >= 0.6 is 11.6 Å². The van der Waals surface area contributed by atoms with Crippen LogP contribution in [-0.2, 0) is 35.8 Å². The van der Waals surface area contributed by atoms with Gasteiger partial charge in [-0.15, -0.1) is 0 Å². The molecular formula is C31H29ClFN7O4. The van der Waals surface area contributed by atoms with Crippen LogP contribution in [0.4, 0.5) is 14.9 Å². The molecule has 0 unspecified atom stereocenters. The zero-order chi connectivity index (χ0) is 31.0. The highest BCUT2D eigenvalue weighted by atomic mass is 35.5. The SMILES string of the molecule is CC(=O)c1cn(CC(=O)N2CCC[C@H]2C(=O)NCc2cccc(Cl)c2F)c2ccc(NC(=O)N3Cc4cncnc4C3)cc12. The molecule has 1 saturated heterocycles. The molecule has 0 aliphatic carbocycles. The molecule has 2 aliphatic rings. The molecule has 226 valence electrons. The lowest BCUT2D eigenvalue weighted by atomic mass is 10.1. The summed E-state index contributed by atoms with van der Waals surface area (Å²) >= 11 is 5.85. The average molecular weight is 618 g/mol. The topological polar surface area (TPSA) is 130 Å². The minimum atomic E-state index is -0.691. The van der Waals surface area contributed by atoms with Crippen LogP contribution in [0.2, 0.25) is 5.02 Å². The highest BCUT2D eigenvalue weighted by Crippen LogP contribution is 2.28. The van der Waals surface area contributed by atoms with E-state index in [2.05, 4.69) is 20.6 Å². The van der Waals surface area contributed by atoms with Gasteiger partial charge in [-0.25, -0.2) is 19.2 Å². The summed E-state index contributed by atoms with van der Waals surface area (Å²) in [5.74, 6) is -1.43. The number of hydrogen-bond acceptors (Lipinski definition) is 6. The molecule has 0 radical (unpaired) electrons. The van der Waals surface area contributed by atoms with Crippen LogP contribution < -0.4 is 10.6 Å². The lowest BCUT2D eigenvalue weighted by Crippen LogP contribution is -2.46. The van der Waals surface area contributed by atoms with Crippen molar-refractivity contribution in [2.45, 2.75) is 52.0 Å². The van der Waals surface area contributed by atoms with E-state index in [0.29, 0.717) is 54.6 Å². The number of carbonyl (C=O) groups excluding carboxylic acids is 4. The zero-order valence-electron chi connectivity index (χ0n) is 23.8. The molecule has 1 fully saturated rings. The van der Waals surface area contributed by atoms with Crippen LogP contribution in [-0.4, -0.2) is 60.6 Å². The first-order valence-corrected chi connectivity index (χ1v) is 14.5. The van der Waals surface area contributed by atoms with Gasteiger partial charge in [0.2, 0.25) is 11.8 Å². The Labute approximate surface area is 257 Å². The molecule has 1 atom stereocenters. The first-order chi connectivity index (χ1) is 21.2. The number of aromatic nitrogens is 3. The molecule has 11 nitrogen and oxygen atoms in total. The van der Waals surface area contributed by atoms with Crippen LogP contribution in [0, 0.1) is 5.82 Å². The smallest absolute Gasteiger partial charge is 0.322 e. The molecule has 2 N–H and O–H groups in total. The van der Waals surface area contributed by atoms with Gasteiger partial charge in [-0.2, -0.15) is 0 Å². The van der Waals surface area contributed by atoms with Crippen LogP contribution in [0.1, 0.15) is 46.9 Å². The monoisotopic (exact) mass is 617 g/mol. The van der Waals surface area contributed by atoms with Gasteiger partial charge in [0.25, 0.3) is 0 Å².